The zero-order valence-electron chi connectivity index (χ0n) is 14.8. The van der Waals surface area contributed by atoms with Crippen molar-refractivity contribution < 1.29 is 24.2 Å². The van der Waals surface area contributed by atoms with Crippen LogP contribution in [0.2, 0.25) is 0 Å². The maximum absolute atomic E-state index is 13.0. The number of fused-ring (bicyclic) bond motifs is 2. The number of carboxylic acids is 1. The summed E-state index contributed by atoms with van der Waals surface area (Å²) in [5.74, 6) is -0.665. The van der Waals surface area contributed by atoms with E-state index in [1.807, 2.05) is 20.8 Å². The SMILES string of the molecule is CCC(O)c1cc(OC(C)C)cc2c(=O)c3cc(C(=O)O)ccc3oc12. The number of hydrogen-bond donors (Lipinski definition) is 2. The van der Waals surface area contributed by atoms with Gasteiger partial charge in [-0.25, -0.2) is 4.79 Å². The van der Waals surface area contributed by atoms with Crippen LogP contribution in [0.5, 0.6) is 5.75 Å². The third-order valence-electron chi connectivity index (χ3n) is 4.14. The molecule has 1 aromatic heterocycles. The molecule has 0 aliphatic heterocycles. The number of aromatic carboxylic acids is 1. The van der Waals surface area contributed by atoms with E-state index in [2.05, 4.69) is 0 Å². The Hall–Kier alpha value is -2.86. The van der Waals surface area contributed by atoms with Crippen LogP contribution in [0.1, 0.15) is 49.2 Å². The Labute approximate surface area is 149 Å². The van der Waals surface area contributed by atoms with Crippen molar-refractivity contribution in [2.24, 2.45) is 0 Å². The Balaban J connectivity index is 2.39. The van der Waals surface area contributed by atoms with Gasteiger partial charge < -0.3 is 19.4 Å². The average Bonchev–Trinajstić information content (AvgIpc) is 2.60. The summed E-state index contributed by atoms with van der Waals surface area (Å²) in [5.41, 5.74) is 0.684. The predicted molar refractivity (Wildman–Crippen MR) is 98.0 cm³/mol. The van der Waals surface area contributed by atoms with Gasteiger partial charge in [-0.05, 0) is 50.6 Å². The van der Waals surface area contributed by atoms with Crippen LogP contribution in [-0.4, -0.2) is 22.3 Å². The lowest BCUT2D eigenvalue weighted by molar-refractivity contribution is 0.0697. The maximum Gasteiger partial charge on any atom is 0.335 e. The van der Waals surface area contributed by atoms with Crippen molar-refractivity contribution in [3.05, 3.63) is 51.7 Å². The molecule has 3 aromatic rings. The second kappa shape index (κ2) is 6.80. The molecule has 6 nitrogen and oxygen atoms in total. The number of aliphatic hydroxyl groups is 1. The molecule has 1 atom stereocenters. The van der Waals surface area contributed by atoms with Gasteiger partial charge in [0.1, 0.15) is 16.9 Å². The van der Waals surface area contributed by atoms with Crippen LogP contribution >= 0.6 is 0 Å². The maximum atomic E-state index is 13.0. The van der Waals surface area contributed by atoms with Gasteiger partial charge in [0.25, 0.3) is 0 Å². The Bertz CT molecular complexity index is 1050. The van der Waals surface area contributed by atoms with Crippen LogP contribution in [0.15, 0.2) is 39.5 Å². The first-order chi connectivity index (χ1) is 12.3. The third kappa shape index (κ3) is 3.15. The number of hydrogen-bond acceptors (Lipinski definition) is 5. The molecule has 0 aliphatic rings. The van der Waals surface area contributed by atoms with Crippen molar-refractivity contribution in [1.29, 1.82) is 0 Å². The van der Waals surface area contributed by atoms with Crippen LogP contribution in [0.4, 0.5) is 0 Å². The lowest BCUT2D eigenvalue weighted by atomic mass is 10.0. The average molecular weight is 356 g/mol. The molecule has 3 rings (SSSR count). The number of rotatable bonds is 5. The van der Waals surface area contributed by atoms with Crippen LogP contribution in [-0.2, 0) is 0 Å². The van der Waals surface area contributed by atoms with Crippen molar-refractivity contribution in [2.45, 2.75) is 39.4 Å². The van der Waals surface area contributed by atoms with E-state index >= 15 is 0 Å². The molecule has 0 radical (unpaired) electrons. The molecule has 136 valence electrons. The minimum Gasteiger partial charge on any atom is -0.491 e. The number of carbonyl (C=O) groups is 1. The van der Waals surface area contributed by atoms with Gasteiger partial charge in [0.15, 0.2) is 0 Å². The molecule has 1 heterocycles. The highest BCUT2D eigenvalue weighted by atomic mass is 16.5. The van der Waals surface area contributed by atoms with Gasteiger partial charge in [0.05, 0.1) is 28.5 Å². The molecule has 0 saturated heterocycles. The fourth-order valence-corrected chi connectivity index (χ4v) is 2.90. The minimum atomic E-state index is -1.12. The molecule has 6 heteroatoms. The molecular weight excluding hydrogens is 336 g/mol. The zero-order chi connectivity index (χ0) is 19.0. The first-order valence-corrected chi connectivity index (χ1v) is 8.44. The van der Waals surface area contributed by atoms with Crippen molar-refractivity contribution in [3.8, 4) is 5.75 Å². The van der Waals surface area contributed by atoms with Gasteiger partial charge in [0, 0.05) is 5.56 Å². The second-order valence-corrected chi connectivity index (χ2v) is 6.43. The molecule has 2 N–H and O–H groups in total. The highest BCUT2D eigenvalue weighted by Crippen LogP contribution is 2.32. The summed E-state index contributed by atoms with van der Waals surface area (Å²) in [6.07, 6.45) is -0.475. The molecule has 2 aromatic carbocycles. The highest BCUT2D eigenvalue weighted by Gasteiger charge is 2.19. The van der Waals surface area contributed by atoms with E-state index in [0.717, 1.165) is 0 Å². The van der Waals surface area contributed by atoms with Crippen molar-refractivity contribution in [2.75, 3.05) is 0 Å². The van der Waals surface area contributed by atoms with E-state index in [4.69, 9.17) is 14.3 Å². The largest absolute Gasteiger partial charge is 0.491 e. The molecule has 26 heavy (non-hydrogen) atoms. The minimum absolute atomic E-state index is 0.00699. The summed E-state index contributed by atoms with van der Waals surface area (Å²) < 4.78 is 11.6. The molecule has 0 saturated carbocycles. The first kappa shape index (κ1) is 17.9. The van der Waals surface area contributed by atoms with E-state index in [0.29, 0.717) is 17.7 Å². The smallest absolute Gasteiger partial charge is 0.335 e. The summed E-state index contributed by atoms with van der Waals surface area (Å²) in [7, 11) is 0. The standard InChI is InChI=1S/C20H20O6/c1-4-16(21)13-8-12(25-10(2)3)9-15-18(22)14-7-11(20(23)24)5-6-17(14)26-19(13)15/h5-10,16,21H,4H2,1-3H3,(H,23,24). The number of carboxylic acid groups (broad SMARTS) is 1. The van der Waals surface area contributed by atoms with Gasteiger partial charge in [-0.2, -0.15) is 0 Å². The lowest BCUT2D eigenvalue weighted by Crippen LogP contribution is -2.10. The molecule has 0 aliphatic carbocycles. The summed E-state index contributed by atoms with van der Waals surface area (Å²) in [6.45, 7) is 5.55. The van der Waals surface area contributed by atoms with Gasteiger partial charge in [-0.3, -0.25) is 4.79 Å². The summed E-state index contributed by atoms with van der Waals surface area (Å²) in [4.78, 5) is 24.2. The molecule has 0 bridgehead atoms. The predicted octanol–water partition coefficient (Wildman–Crippen LogP) is 3.88. The zero-order valence-corrected chi connectivity index (χ0v) is 14.8. The van der Waals surface area contributed by atoms with Gasteiger partial charge in [-0.15, -0.1) is 0 Å². The molecule has 0 amide bonds. The van der Waals surface area contributed by atoms with Crippen LogP contribution in [0.3, 0.4) is 0 Å². The van der Waals surface area contributed by atoms with Crippen molar-refractivity contribution >= 4 is 27.9 Å². The van der Waals surface area contributed by atoms with Crippen molar-refractivity contribution in [3.63, 3.8) is 0 Å². The van der Waals surface area contributed by atoms with E-state index in [1.165, 1.54) is 18.2 Å². The topological polar surface area (TPSA) is 97.0 Å². The second-order valence-electron chi connectivity index (χ2n) is 6.43. The van der Waals surface area contributed by atoms with Crippen LogP contribution < -0.4 is 10.2 Å². The Morgan fingerprint density at radius 3 is 2.54 bits per heavy atom. The molecule has 0 spiro atoms. The summed E-state index contributed by atoms with van der Waals surface area (Å²) in [5, 5.41) is 20.0. The van der Waals surface area contributed by atoms with Crippen LogP contribution in [0, 0.1) is 0 Å². The van der Waals surface area contributed by atoms with Gasteiger partial charge in [-0.1, -0.05) is 6.92 Å². The Kier molecular flexibility index (Phi) is 4.70. The van der Waals surface area contributed by atoms with E-state index in [1.54, 1.807) is 12.1 Å². The third-order valence-corrected chi connectivity index (χ3v) is 4.14. The van der Waals surface area contributed by atoms with Gasteiger partial charge in [0.2, 0.25) is 5.43 Å². The molecule has 0 fully saturated rings. The first-order valence-electron chi connectivity index (χ1n) is 8.44. The number of benzene rings is 2. The quantitative estimate of drug-likeness (QED) is 0.674. The summed E-state index contributed by atoms with van der Waals surface area (Å²) in [6, 6.07) is 7.39. The fraction of sp³-hybridized carbons (Fsp3) is 0.300. The number of aliphatic hydroxyl groups excluding tert-OH is 1. The van der Waals surface area contributed by atoms with E-state index < -0.39 is 12.1 Å². The normalized spacial score (nSPS) is 12.7. The van der Waals surface area contributed by atoms with E-state index in [9.17, 15) is 14.7 Å². The monoisotopic (exact) mass is 356 g/mol. The molecular formula is C20H20O6. The van der Waals surface area contributed by atoms with Crippen LogP contribution in [0.25, 0.3) is 21.9 Å². The fourth-order valence-electron chi connectivity index (χ4n) is 2.90. The number of ether oxygens (including phenoxy) is 1. The van der Waals surface area contributed by atoms with E-state index in [-0.39, 0.29) is 39.0 Å². The Morgan fingerprint density at radius 2 is 1.92 bits per heavy atom. The highest BCUT2D eigenvalue weighted by molar-refractivity contribution is 5.96. The molecule has 1 unspecified atom stereocenters. The van der Waals surface area contributed by atoms with Gasteiger partial charge >= 0.3 is 5.97 Å². The Morgan fingerprint density at radius 1 is 1.19 bits per heavy atom. The summed E-state index contributed by atoms with van der Waals surface area (Å²) >= 11 is 0. The van der Waals surface area contributed by atoms with Crippen molar-refractivity contribution in [1.82, 2.24) is 0 Å². The lowest BCUT2D eigenvalue weighted by Gasteiger charge is -2.16.